The molecule has 3 aromatic carbocycles. The molecule has 8 atom stereocenters. The lowest BCUT2D eigenvalue weighted by Crippen LogP contribution is -2.62. The molecule has 59 heavy (non-hydrogen) atoms. The monoisotopic (exact) mass is 840 g/mol. The maximum atomic E-state index is 13.7. The Kier molecular flexibility index (Phi) is 22.3. The fourth-order valence-electron chi connectivity index (χ4n) is 6.25. The van der Waals surface area contributed by atoms with E-state index in [2.05, 4.69) is 20.8 Å². The predicted octanol–water partition coefficient (Wildman–Crippen LogP) is 8.43. The number of carbonyl (C=O) groups is 2. The molecule has 0 N–H and O–H groups in total. The predicted molar refractivity (Wildman–Crippen MR) is 226 cm³/mol. The number of hydrogen-bond donors (Lipinski definition) is 0. The fourth-order valence-corrected chi connectivity index (χ4v) is 7.35. The molecule has 0 bridgehead atoms. The molecule has 0 radical (unpaired) electrons. The zero-order chi connectivity index (χ0) is 42.2. The molecule has 4 rings (SSSR count). The summed E-state index contributed by atoms with van der Waals surface area (Å²) in [4.78, 5) is 28.2. The van der Waals surface area contributed by atoms with Gasteiger partial charge < -0.3 is 47.4 Å². The summed E-state index contributed by atoms with van der Waals surface area (Å²) in [7, 11) is 2.92. The van der Waals surface area contributed by atoms with Crippen LogP contribution in [0.25, 0.3) is 0 Å². The average molecular weight is 841 g/mol. The highest BCUT2D eigenvalue weighted by atomic mass is 32.2. The van der Waals surface area contributed by atoms with Crippen LogP contribution in [0.4, 0.5) is 0 Å². The normalized spacial score (nSPS) is 20.7. The second kappa shape index (κ2) is 27.3. The van der Waals surface area contributed by atoms with Crippen molar-refractivity contribution in [1.82, 2.24) is 0 Å². The second-order valence-corrected chi connectivity index (χ2v) is 15.4. The molecule has 13 heteroatoms. The first kappa shape index (κ1) is 48.1. The van der Waals surface area contributed by atoms with E-state index in [1.807, 2.05) is 60.7 Å². The second-order valence-electron chi connectivity index (χ2n) is 14.2. The minimum atomic E-state index is -1.26. The Morgan fingerprint density at radius 1 is 0.729 bits per heavy atom. The highest BCUT2D eigenvalue weighted by Gasteiger charge is 2.53. The smallest absolute Gasteiger partial charge is 0.338 e. The van der Waals surface area contributed by atoms with E-state index in [1.165, 1.54) is 18.9 Å². The van der Waals surface area contributed by atoms with Gasteiger partial charge in [-0.2, -0.15) is 0 Å². The van der Waals surface area contributed by atoms with E-state index < -0.39 is 60.3 Å². The van der Waals surface area contributed by atoms with Crippen molar-refractivity contribution in [3.05, 3.63) is 96.1 Å². The number of ether oxygens (including phenoxy) is 10. The van der Waals surface area contributed by atoms with E-state index >= 15 is 0 Å². The van der Waals surface area contributed by atoms with Crippen molar-refractivity contribution in [3.8, 4) is 5.75 Å². The van der Waals surface area contributed by atoms with Gasteiger partial charge in [0.15, 0.2) is 18.5 Å². The lowest BCUT2D eigenvalue weighted by Gasteiger charge is -2.45. The van der Waals surface area contributed by atoms with Crippen molar-refractivity contribution in [1.29, 1.82) is 0 Å². The summed E-state index contributed by atoms with van der Waals surface area (Å²) >= 11 is 1.32. The molecule has 1 aliphatic heterocycles. The largest absolute Gasteiger partial charge is 0.497 e. The van der Waals surface area contributed by atoms with Gasteiger partial charge in [-0.3, -0.25) is 0 Å². The van der Waals surface area contributed by atoms with Crippen LogP contribution >= 0.6 is 11.8 Å². The number of thioether (sulfide) groups is 1. The van der Waals surface area contributed by atoms with Crippen molar-refractivity contribution in [2.24, 2.45) is 0 Å². The molecule has 12 nitrogen and oxygen atoms in total. The number of unbranched alkanes of at least 4 members (excludes halogenated alkanes) is 3. The fraction of sp³-hybridized carbons (Fsp3) is 0.565. The Labute approximate surface area is 354 Å². The summed E-state index contributed by atoms with van der Waals surface area (Å²) in [5.41, 5.74) is 0.443. The summed E-state index contributed by atoms with van der Waals surface area (Å²) in [5, 5.41) is 0. The van der Waals surface area contributed by atoms with Crippen molar-refractivity contribution in [2.45, 2.75) is 126 Å². The zero-order valence-electron chi connectivity index (χ0n) is 35.5. The van der Waals surface area contributed by atoms with Crippen LogP contribution in [0.5, 0.6) is 5.75 Å². The van der Waals surface area contributed by atoms with Crippen LogP contribution in [0.1, 0.15) is 82.1 Å². The van der Waals surface area contributed by atoms with Gasteiger partial charge in [0.1, 0.15) is 35.6 Å². The highest BCUT2D eigenvalue weighted by molar-refractivity contribution is 7.99. The van der Waals surface area contributed by atoms with E-state index in [1.54, 1.807) is 38.3 Å². The molecule has 0 amide bonds. The van der Waals surface area contributed by atoms with E-state index in [-0.39, 0.29) is 13.2 Å². The van der Waals surface area contributed by atoms with Crippen molar-refractivity contribution in [3.63, 3.8) is 0 Å². The lowest BCUT2D eigenvalue weighted by atomic mass is 9.98. The highest BCUT2D eigenvalue weighted by Crippen LogP contribution is 2.38. The summed E-state index contributed by atoms with van der Waals surface area (Å²) in [5.74, 6) is -0.478. The van der Waals surface area contributed by atoms with Gasteiger partial charge in [0.2, 0.25) is 0 Å². The van der Waals surface area contributed by atoms with Gasteiger partial charge in [-0.15, -0.1) is 0 Å². The van der Waals surface area contributed by atoms with Crippen LogP contribution in [0.3, 0.4) is 0 Å². The number of benzene rings is 3. The van der Waals surface area contributed by atoms with Gasteiger partial charge in [0.05, 0.1) is 39.6 Å². The van der Waals surface area contributed by atoms with Crippen LogP contribution in [0, 0.1) is 0 Å². The third kappa shape index (κ3) is 16.1. The van der Waals surface area contributed by atoms with Crippen LogP contribution < -0.4 is 4.74 Å². The van der Waals surface area contributed by atoms with E-state index in [0.29, 0.717) is 32.0 Å². The van der Waals surface area contributed by atoms with Gasteiger partial charge in [-0.1, -0.05) is 100 Å². The minimum absolute atomic E-state index is 0.198. The van der Waals surface area contributed by atoms with Gasteiger partial charge in [0.25, 0.3) is 0 Å². The number of methoxy groups -OCH3 is 2. The van der Waals surface area contributed by atoms with Gasteiger partial charge in [-0.25, -0.2) is 9.59 Å². The van der Waals surface area contributed by atoms with Crippen molar-refractivity contribution in [2.75, 3.05) is 47.3 Å². The molecular weight excluding hydrogens is 777 g/mol. The number of hydrogen-bond acceptors (Lipinski definition) is 13. The van der Waals surface area contributed by atoms with Gasteiger partial charge in [-0.05, 0) is 68.1 Å². The molecule has 3 unspecified atom stereocenters. The maximum Gasteiger partial charge on any atom is 0.338 e. The summed E-state index contributed by atoms with van der Waals surface area (Å²) in [6.07, 6.45) is -1.19. The lowest BCUT2D eigenvalue weighted by molar-refractivity contribution is -0.285. The van der Waals surface area contributed by atoms with E-state index in [4.69, 9.17) is 47.4 Å². The molecule has 1 fully saturated rings. The Bertz CT molecular complexity index is 1580. The van der Waals surface area contributed by atoms with E-state index in [0.717, 1.165) is 54.7 Å². The third-order valence-electron chi connectivity index (χ3n) is 9.59. The molecule has 0 spiro atoms. The molecule has 3 aromatic rings. The number of esters is 2. The summed E-state index contributed by atoms with van der Waals surface area (Å²) in [6.45, 7) is 10.2. The van der Waals surface area contributed by atoms with Crippen LogP contribution in [-0.4, -0.2) is 108 Å². The molecular formula is C46H64O12S. The molecule has 0 aliphatic carbocycles. The standard InChI is InChI=1S/C46H64O12S/c1-7-10-27-51-31-38(54-30-34-23-25-36(49-5)26-24-34)39(32-52-28-11-8-2)55-33(4)56-41-40(53-29-12-9-3)43(57-44(47)35-19-15-13-16-20-35)46(58-42(41)45(48)50-6)59-37-21-17-14-18-22-37/h13-26,33,38-43,46H,7-12,27-32H2,1-6H3/t33-,38+,39?,40?,41+,42-,43?,46-/m1/s1. The molecule has 0 saturated carbocycles. The first-order valence-electron chi connectivity index (χ1n) is 20.8. The first-order valence-corrected chi connectivity index (χ1v) is 21.7. The third-order valence-corrected chi connectivity index (χ3v) is 10.7. The Balaban J connectivity index is 1.66. The van der Waals surface area contributed by atoms with Crippen molar-refractivity contribution < 1.29 is 57.0 Å². The zero-order valence-corrected chi connectivity index (χ0v) is 36.3. The Hall–Kier alpha value is -3.53. The molecule has 0 aromatic heterocycles. The van der Waals surface area contributed by atoms with Crippen LogP contribution in [0.2, 0.25) is 0 Å². The molecule has 1 aliphatic rings. The molecule has 1 heterocycles. The van der Waals surface area contributed by atoms with Crippen LogP contribution in [0.15, 0.2) is 89.8 Å². The summed E-state index contributed by atoms with van der Waals surface area (Å²) in [6, 6.07) is 26.0. The Morgan fingerprint density at radius 2 is 1.34 bits per heavy atom. The van der Waals surface area contributed by atoms with Crippen molar-refractivity contribution >= 4 is 23.7 Å². The average Bonchev–Trinajstić information content (AvgIpc) is 3.26. The van der Waals surface area contributed by atoms with E-state index in [9.17, 15) is 9.59 Å². The molecule has 1 saturated heterocycles. The topological polar surface area (TPSA) is 126 Å². The van der Waals surface area contributed by atoms with Crippen LogP contribution in [-0.2, 0) is 54.0 Å². The minimum Gasteiger partial charge on any atom is -0.497 e. The number of carbonyl (C=O) groups excluding carboxylic acids is 2. The van der Waals surface area contributed by atoms with Gasteiger partial charge >= 0.3 is 11.9 Å². The Morgan fingerprint density at radius 3 is 1.95 bits per heavy atom. The quantitative estimate of drug-likeness (QED) is 0.0395. The van der Waals surface area contributed by atoms with Gasteiger partial charge in [0, 0.05) is 24.7 Å². The number of rotatable bonds is 28. The molecule has 326 valence electrons. The first-order chi connectivity index (χ1) is 28.8. The SMILES string of the molecule is CCCCOCC(O[C@@H](C)O[C@H]1C(OCCCC)C(OC(=O)c2ccccc2)[C@@H](Sc2ccccc2)O[C@H]1C(=O)OC)[C@H](COCCCC)OCc1ccc(OC)cc1. The summed E-state index contributed by atoms with van der Waals surface area (Å²) < 4.78 is 62.1. The maximum absolute atomic E-state index is 13.7.